The smallest absolute Gasteiger partial charge is 0.410 e. The van der Waals surface area contributed by atoms with E-state index in [1.165, 1.54) is 10.5 Å². The maximum atomic E-state index is 12.4. The van der Waals surface area contributed by atoms with E-state index in [2.05, 4.69) is 31.2 Å². The predicted molar refractivity (Wildman–Crippen MR) is 90.6 cm³/mol. The molecule has 4 heteroatoms. The van der Waals surface area contributed by atoms with E-state index in [4.69, 9.17) is 4.74 Å². The number of hydrogen-bond acceptors (Lipinski definition) is 3. The zero-order valence-corrected chi connectivity index (χ0v) is 14.6. The number of rotatable bonds is 3. The summed E-state index contributed by atoms with van der Waals surface area (Å²) in [6.07, 6.45) is 2.44. The Morgan fingerprint density at radius 2 is 1.91 bits per heavy atom. The van der Waals surface area contributed by atoms with Crippen LogP contribution in [0.1, 0.15) is 57.6 Å². The average molecular weight is 317 g/mol. The molecule has 1 aromatic carbocycles. The van der Waals surface area contributed by atoms with Gasteiger partial charge in [-0.15, -0.1) is 0 Å². The Morgan fingerprint density at radius 3 is 2.43 bits per heavy atom. The van der Waals surface area contributed by atoms with E-state index in [0.29, 0.717) is 13.0 Å². The van der Waals surface area contributed by atoms with Gasteiger partial charge >= 0.3 is 6.09 Å². The van der Waals surface area contributed by atoms with Crippen LogP contribution < -0.4 is 0 Å². The summed E-state index contributed by atoms with van der Waals surface area (Å²) in [5, 5.41) is 0. The van der Waals surface area contributed by atoms with Crippen molar-refractivity contribution in [2.45, 2.75) is 58.5 Å². The summed E-state index contributed by atoms with van der Waals surface area (Å²) in [5.74, 6) is -0.0188. The fraction of sp³-hybridized carbons (Fsp3) is 0.579. The molecule has 1 aromatic rings. The van der Waals surface area contributed by atoms with Crippen molar-refractivity contribution in [2.24, 2.45) is 0 Å². The molecule has 1 aliphatic heterocycles. The van der Waals surface area contributed by atoms with Crippen molar-refractivity contribution in [3.8, 4) is 0 Å². The topological polar surface area (TPSA) is 46.6 Å². The summed E-state index contributed by atoms with van der Waals surface area (Å²) in [6, 6.07) is 8.31. The molecule has 4 nitrogen and oxygen atoms in total. The minimum Gasteiger partial charge on any atom is -0.444 e. The van der Waals surface area contributed by atoms with Crippen molar-refractivity contribution in [1.29, 1.82) is 0 Å². The summed E-state index contributed by atoms with van der Waals surface area (Å²) in [7, 11) is 0. The number of likely N-dealkylation sites (tertiary alicyclic amines) is 1. The molecule has 0 radical (unpaired) electrons. The highest BCUT2D eigenvalue weighted by Crippen LogP contribution is 2.26. The number of amides is 1. The molecule has 0 unspecified atom stereocenters. The van der Waals surface area contributed by atoms with Crippen molar-refractivity contribution in [2.75, 3.05) is 13.1 Å². The molecule has 1 atom stereocenters. The van der Waals surface area contributed by atoms with E-state index >= 15 is 0 Å². The lowest BCUT2D eigenvalue weighted by molar-refractivity contribution is -0.123. The van der Waals surface area contributed by atoms with E-state index < -0.39 is 11.7 Å². The van der Waals surface area contributed by atoms with Gasteiger partial charge in [-0.1, -0.05) is 37.6 Å². The Balaban J connectivity index is 1.98. The molecular formula is C19H27NO3. The van der Waals surface area contributed by atoms with Gasteiger partial charge in [0.1, 0.15) is 5.60 Å². The molecule has 0 aliphatic carbocycles. The number of Topliss-reactive ketones (excluding diaryl/α,β-unsaturated/α-hetero) is 1. The van der Waals surface area contributed by atoms with Crippen LogP contribution in [0.2, 0.25) is 0 Å². The maximum absolute atomic E-state index is 12.4. The molecule has 126 valence electrons. The number of benzene rings is 1. The first kappa shape index (κ1) is 17.5. The second kappa shape index (κ2) is 7.16. The highest BCUT2D eigenvalue weighted by atomic mass is 16.6. The van der Waals surface area contributed by atoms with E-state index in [9.17, 15) is 9.59 Å². The summed E-state index contributed by atoms with van der Waals surface area (Å²) in [4.78, 5) is 26.0. The second-order valence-electron chi connectivity index (χ2n) is 7.20. The van der Waals surface area contributed by atoms with Gasteiger partial charge in [0.05, 0.1) is 6.54 Å². The van der Waals surface area contributed by atoms with Gasteiger partial charge in [0, 0.05) is 12.5 Å². The normalized spacial score (nSPS) is 18.9. The maximum Gasteiger partial charge on any atom is 0.410 e. The van der Waals surface area contributed by atoms with Crippen molar-refractivity contribution >= 4 is 11.9 Å². The van der Waals surface area contributed by atoms with Crippen LogP contribution in [0.15, 0.2) is 24.3 Å². The number of ether oxygens (including phenoxy) is 1. The first-order valence-electron chi connectivity index (χ1n) is 8.39. The van der Waals surface area contributed by atoms with Gasteiger partial charge in [0.15, 0.2) is 5.78 Å². The van der Waals surface area contributed by atoms with Crippen molar-refractivity contribution < 1.29 is 14.3 Å². The summed E-state index contributed by atoms with van der Waals surface area (Å²) >= 11 is 0. The van der Waals surface area contributed by atoms with Crippen molar-refractivity contribution in [3.63, 3.8) is 0 Å². The van der Waals surface area contributed by atoms with Crippen LogP contribution in [0.4, 0.5) is 4.79 Å². The van der Waals surface area contributed by atoms with E-state index in [1.54, 1.807) is 0 Å². The van der Waals surface area contributed by atoms with Gasteiger partial charge in [-0.25, -0.2) is 4.79 Å². The monoisotopic (exact) mass is 317 g/mol. The molecule has 1 amide bonds. The molecule has 0 saturated carbocycles. The number of hydrogen-bond donors (Lipinski definition) is 0. The summed E-state index contributed by atoms with van der Waals surface area (Å²) in [6.45, 7) is 8.34. The molecule has 0 aromatic heterocycles. The van der Waals surface area contributed by atoms with Gasteiger partial charge in [0.2, 0.25) is 0 Å². The molecule has 1 aliphatic rings. The molecule has 1 fully saturated rings. The first-order valence-corrected chi connectivity index (χ1v) is 8.39. The van der Waals surface area contributed by atoms with Crippen LogP contribution in [0.5, 0.6) is 0 Å². The van der Waals surface area contributed by atoms with Gasteiger partial charge in [-0.2, -0.15) is 0 Å². The number of piperidine rings is 1. The van der Waals surface area contributed by atoms with E-state index in [1.807, 2.05) is 20.8 Å². The number of carbonyl (C=O) groups is 2. The minimum atomic E-state index is -0.536. The standard InChI is InChI=1S/C19H27NO3/c1-5-6-14-7-9-15(10-8-14)16-11-12-20(13-17(16)21)18(22)23-19(2,3)4/h7-10,16H,5-6,11-13H2,1-4H3/t16-/m0/s1. The Bertz CT molecular complexity index is 557. The third kappa shape index (κ3) is 4.81. The fourth-order valence-electron chi connectivity index (χ4n) is 2.86. The Hall–Kier alpha value is -1.84. The quantitative estimate of drug-likeness (QED) is 0.848. The van der Waals surface area contributed by atoms with Gasteiger partial charge in [-0.05, 0) is 44.7 Å². The lowest BCUT2D eigenvalue weighted by Gasteiger charge is -2.32. The van der Waals surface area contributed by atoms with Gasteiger partial charge < -0.3 is 9.64 Å². The van der Waals surface area contributed by atoms with Crippen LogP contribution in [0, 0.1) is 0 Å². The van der Waals surface area contributed by atoms with Gasteiger partial charge in [0.25, 0.3) is 0 Å². The third-order valence-corrected chi connectivity index (χ3v) is 4.00. The lowest BCUT2D eigenvalue weighted by Crippen LogP contribution is -2.45. The van der Waals surface area contributed by atoms with Crippen molar-refractivity contribution in [3.05, 3.63) is 35.4 Å². The number of aryl methyl sites for hydroxylation is 1. The third-order valence-electron chi connectivity index (χ3n) is 4.00. The summed E-state index contributed by atoms with van der Waals surface area (Å²) in [5.41, 5.74) is 1.82. The predicted octanol–water partition coefficient (Wildman–Crippen LogP) is 3.93. The van der Waals surface area contributed by atoms with Crippen molar-refractivity contribution in [1.82, 2.24) is 4.90 Å². The van der Waals surface area contributed by atoms with Crippen LogP contribution >= 0.6 is 0 Å². The molecule has 1 heterocycles. The average Bonchev–Trinajstić information content (AvgIpc) is 2.47. The molecule has 2 rings (SSSR count). The highest BCUT2D eigenvalue weighted by molar-refractivity contribution is 5.90. The number of carbonyl (C=O) groups excluding carboxylic acids is 2. The molecule has 0 spiro atoms. The van der Waals surface area contributed by atoms with Crippen LogP contribution in [-0.2, 0) is 16.0 Å². The fourth-order valence-corrected chi connectivity index (χ4v) is 2.86. The lowest BCUT2D eigenvalue weighted by atomic mass is 9.88. The molecule has 0 N–H and O–H groups in total. The van der Waals surface area contributed by atoms with Gasteiger partial charge in [-0.3, -0.25) is 4.79 Å². The number of ketones is 1. The zero-order chi connectivity index (χ0) is 17.0. The Labute approximate surface area is 138 Å². The SMILES string of the molecule is CCCc1ccc([C@@H]2CCN(C(=O)OC(C)(C)C)CC2=O)cc1. The largest absolute Gasteiger partial charge is 0.444 e. The first-order chi connectivity index (χ1) is 10.8. The molecule has 0 bridgehead atoms. The second-order valence-corrected chi connectivity index (χ2v) is 7.20. The highest BCUT2D eigenvalue weighted by Gasteiger charge is 2.32. The van der Waals surface area contributed by atoms with Crippen LogP contribution in [0.25, 0.3) is 0 Å². The molecule has 23 heavy (non-hydrogen) atoms. The Morgan fingerprint density at radius 1 is 1.26 bits per heavy atom. The minimum absolute atomic E-state index is 0.0883. The molecular weight excluding hydrogens is 290 g/mol. The van der Waals surface area contributed by atoms with E-state index in [0.717, 1.165) is 18.4 Å². The number of nitrogens with zero attached hydrogens (tertiary/aromatic N) is 1. The Kier molecular flexibility index (Phi) is 5.45. The van der Waals surface area contributed by atoms with Crippen LogP contribution in [-0.4, -0.2) is 35.5 Å². The summed E-state index contributed by atoms with van der Waals surface area (Å²) < 4.78 is 5.34. The van der Waals surface area contributed by atoms with E-state index in [-0.39, 0.29) is 18.2 Å². The molecule has 1 saturated heterocycles. The van der Waals surface area contributed by atoms with Crippen LogP contribution in [0.3, 0.4) is 0 Å². The zero-order valence-electron chi connectivity index (χ0n) is 14.6.